The smallest absolute Gasteiger partial charge is 0.123 e. The Morgan fingerprint density at radius 1 is 1.43 bits per heavy atom. The topological polar surface area (TPSA) is 62.2 Å². The molecule has 0 fully saturated rings. The molecule has 0 unspecified atom stereocenters. The van der Waals surface area contributed by atoms with E-state index in [1.54, 1.807) is 12.1 Å². The van der Waals surface area contributed by atoms with E-state index in [1.807, 2.05) is 22.6 Å². The summed E-state index contributed by atoms with van der Waals surface area (Å²) in [5.41, 5.74) is 5.87. The molecule has 0 spiro atoms. The minimum Gasteiger partial charge on any atom is -0.387 e. The molecule has 0 heterocycles. The molecular weight excluding hydrogens is 296 g/mol. The molecule has 1 aromatic carbocycles. The summed E-state index contributed by atoms with van der Waals surface area (Å²) in [5.74, 6) is -0.217. The fraction of sp³-hybridized carbons (Fsp3) is 0.111. The fourth-order valence-corrected chi connectivity index (χ4v) is 1.54. The van der Waals surface area contributed by atoms with Crippen molar-refractivity contribution in [1.29, 1.82) is 5.41 Å². The van der Waals surface area contributed by atoms with E-state index in [2.05, 4.69) is 4.99 Å². The fourth-order valence-electron chi connectivity index (χ4n) is 0.852. The first-order valence-corrected chi connectivity index (χ1v) is 4.97. The Hall–Kier alpha value is -0.980. The van der Waals surface area contributed by atoms with Gasteiger partial charge >= 0.3 is 0 Å². The number of benzene rings is 1. The van der Waals surface area contributed by atoms with Gasteiger partial charge in [0, 0.05) is 0 Å². The molecule has 0 amide bonds. The molecule has 1 aromatic rings. The first-order chi connectivity index (χ1) is 6.58. The first kappa shape index (κ1) is 11.1. The predicted octanol–water partition coefficient (Wildman–Crippen LogP) is 2.62. The van der Waals surface area contributed by atoms with Gasteiger partial charge in [0.25, 0.3) is 0 Å². The lowest BCUT2D eigenvalue weighted by molar-refractivity contribution is 0.628. The lowest BCUT2D eigenvalue weighted by atomic mass is 10.3. The zero-order chi connectivity index (χ0) is 10.6. The van der Waals surface area contributed by atoms with E-state index in [-0.39, 0.29) is 11.7 Å². The van der Waals surface area contributed by atoms with Gasteiger partial charge < -0.3 is 5.73 Å². The minimum atomic E-state index is -0.287. The molecule has 3 nitrogen and oxygen atoms in total. The van der Waals surface area contributed by atoms with Crippen molar-refractivity contribution >= 4 is 37.8 Å². The molecule has 0 aliphatic heterocycles. The highest BCUT2D eigenvalue weighted by atomic mass is 127. The molecule has 0 radical (unpaired) electrons. The van der Waals surface area contributed by atoms with Crippen molar-refractivity contribution < 1.29 is 4.39 Å². The van der Waals surface area contributed by atoms with Crippen LogP contribution in [0.25, 0.3) is 0 Å². The van der Waals surface area contributed by atoms with Crippen LogP contribution >= 0.6 is 22.6 Å². The van der Waals surface area contributed by atoms with Gasteiger partial charge in [0.2, 0.25) is 0 Å². The van der Waals surface area contributed by atoms with Crippen molar-refractivity contribution in [1.82, 2.24) is 0 Å². The van der Waals surface area contributed by atoms with Gasteiger partial charge in [0.05, 0.1) is 21.7 Å². The summed E-state index contributed by atoms with van der Waals surface area (Å²) in [4.78, 5) is 4.16. The molecule has 74 valence electrons. The second kappa shape index (κ2) is 5.04. The number of amidine groups is 1. The number of aliphatic imine (C=N–C) groups is 1. The molecular formula is C9H9FIN3. The van der Waals surface area contributed by atoms with Crippen LogP contribution in [0.3, 0.4) is 0 Å². The van der Waals surface area contributed by atoms with Crippen molar-refractivity contribution in [2.24, 2.45) is 10.7 Å². The van der Waals surface area contributed by atoms with E-state index in [0.29, 0.717) is 15.8 Å². The van der Waals surface area contributed by atoms with E-state index in [1.165, 1.54) is 12.1 Å². The zero-order valence-electron chi connectivity index (χ0n) is 7.30. The summed E-state index contributed by atoms with van der Waals surface area (Å²) in [6, 6.07) is 5.84. The van der Waals surface area contributed by atoms with Crippen LogP contribution in [0.4, 0.5) is 10.1 Å². The quantitative estimate of drug-likeness (QED) is 0.503. The van der Waals surface area contributed by atoms with Crippen LogP contribution in [0.2, 0.25) is 0 Å². The van der Waals surface area contributed by atoms with Crippen LogP contribution in [-0.2, 0) is 0 Å². The second-order valence-electron chi connectivity index (χ2n) is 2.67. The standard InChI is InChI=1S/C9H9FIN3/c10-6-1-3-7(4-2-6)14-8(11)5-9(12)13/h1-4H,5H2,(H3,12,13). The number of halogens is 2. The summed E-state index contributed by atoms with van der Waals surface area (Å²) in [6.45, 7) is 0. The molecule has 0 aliphatic rings. The van der Waals surface area contributed by atoms with Gasteiger partial charge in [-0.25, -0.2) is 9.38 Å². The molecule has 1 rings (SSSR count). The molecule has 3 N–H and O–H groups in total. The average molecular weight is 305 g/mol. The van der Waals surface area contributed by atoms with E-state index >= 15 is 0 Å². The zero-order valence-corrected chi connectivity index (χ0v) is 9.45. The Morgan fingerprint density at radius 3 is 2.50 bits per heavy atom. The van der Waals surface area contributed by atoms with E-state index in [0.717, 1.165) is 0 Å². The molecule has 14 heavy (non-hydrogen) atoms. The third kappa shape index (κ3) is 3.82. The van der Waals surface area contributed by atoms with Crippen molar-refractivity contribution in [3.8, 4) is 0 Å². The monoisotopic (exact) mass is 305 g/mol. The number of nitrogens with zero attached hydrogens (tertiary/aromatic N) is 1. The predicted molar refractivity (Wildman–Crippen MR) is 64.0 cm³/mol. The maximum Gasteiger partial charge on any atom is 0.123 e. The van der Waals surface area contributed by atoms with Gasteiger partial charge in [-0.2, -0.15) is 0 Å². The van der Waals surface area contributed by atoms with E-state index in [9.17, 15) is 4.39 Å². The average Bonchev–Trinajstić information content (AvgIpc) is 2.07. The van der Waals surface area contributed by atoms with Crippen LogP contribution in [0.1, 0.15) is 6.42 Å². The number of nitrogens with two attached hydrogens (primary N) is 1. The van der Waals surface area contributed by atoms with Crippen LogP contribution < -0.4 is 5.73 Å². The lowest BCUT2D eigenvalue weighted by Crippen LogP contribution is -2.11. The van der Waals surface area contributed by atoms with Crippen molar-refractivity contribution in [3.05, 3.63) is 30.1 Å². The van der Waals surface area contributed by atoms with Crippen LogP contribution in [0.5, 0.6) is 0 Å². The largest absolute Gasteiger partial charge is 0.387 e. The van der Waals surface area contributed by atoms with Gasteiger partial charge in [-0.3, -0.25) is 5.41 Å². The molecule has 0 atom stereocenters. The van der Waals surface area contributed by atoms with Crippen molar-refractivity contribution in [2.45, 2.75) is 6.42 Å². The van der Waals surface area contributed by atoms with Crippen LogP contribution in [0.15, 0.2) is 29.3 Å². The summed E-state index contributed by atoms with van der Waals surface area (Å²) in [5, 5.41) is 7.06. The Morgan fingerprint density at radius 2 is 2.00 bits per heavy atom. The van der Waals surface area contributed by atoms with E-state index < -0.39 is 0 Å². The van der Waals surface area contributed by atoms with Gasteiger partial charge in [0.15, 0.2) is 0 Å². The Bertz CT molecular complexity index is 359. The molecule has 0 saturated carbocycles. The molecule has 0 aromatic heterocycles. The normalized spacial score (nSPS) is 11.4. The number of rotatable bonds is 3. The minimum absolute atomic E-state index is 0.0697. The SMILES string of the molecule is N=C(N)CC(I)=Nc1ccc(F)cc1. The number of hydrogen-bond acceptors (Lipinski definition) is 2. The van der Waals surface area contributed by atoms with Gasteiger partial charge in [-0.1, -0.05) is 0 Å². The summed E-state index contributed by atoms with van der Waals surface area (Å²) in [7, 11) is 0. The molecule has 5 heteroatoms. The highest BCUT2D eigenvalue weighted by Gasteiger charge is 1.97. The van der Waals surface area contributed by atoms with Gasteiger partial charge in [0.1, 0.15) is 5.82 Å². The van der Waals surface area contributed by atoms with Crippen molar-refractivity contribution in [3.63, 3.8) is 0 Å². The van der Waals surface area contributed by atoms with Gasteiger partial charge in [-0.05, 0) is 46.9 Å². The third-order valence-electron chi connectivity index (χ3n) is 1.41. The van der Waals surface area contributed by atoms with Gasteiger partial charge in [-0.15, -0.1) is 0 Å². The highest BCUT2D eigenvalue weighted by molar-refractivity contribution is 14.1. The maximum atomic E-state index is 12.5. The lowest BCUT2D eigenvalue weighted by Gasteiger charge is -1.97. The van der Waals surface area contributed by atoms with Crippen molar-refractivity contribution in [2.75, 3.05) is 0 Å². The summed E-state index contributed by atoms with van der Waals surface area (Å²) < 4.78 is 13.2. The Kier molecular flexibility index (Phi) is 3.99. The number of nitrogens with one attached hydrogen (secondary N) is 1. The Balaban J connectivity index is 2.76. The number of hydrogen-bond donors (Lipinski definition) is 2. The van der Waals surface area contributed by atoms with Crippen LogP contribution in [-0.4, -0.2) is 9.55 Å². The highest BCUT2D eigenvalue weighted by Crippen LogP contribution is 2.14. The maximum absolute atomic E-state index is 12.5. The second-order valence-corrected chi connectivity index (χ2v) is 3.91. The molecule has 0 aliphatic carbocycles. The van der Waals surface area contributed by atoms with Crippen LogP contribution in [0, 0.1) is 11.2 Å². The summed E-state index contributed by atoms with van der Waals surface area (Å²) >= 11 is 2.00. The Labute approximate surface area is 94.9 Å². The first-order valence-electron chi connectivity index (χ1n) is 3.89. The molecule has 0 saturated heterocycles. The summed E-state index contributed by atoms with van der Waals surface area (Å²) in [6.07, 6.45) is 0.331. The third-order valence-corrected chi connectivity index (χ3v) is 2.04. The van der Waals surface area contributed by atoms with E-state index in [4.69, 9.17) is 11.1 Å². The molecule has 0 bridgehead atoms.